The van der Waals surface area contributed by atoms with Crippen LogP contribution in [0, 0.1) is 0 Å². The Bertz CT molecular complexity index is 4650. The molecule has 0 unspecified atom stereocenters. The number of fused-ring (bicyclic) bond motifs is 13. The molecule has 87 heavy (non-hydrogen) atoms. The molecular weight excluding hydrogens is 1050 g/mol. The molecule has 5 nitrogen and oxygen atoms in total. The molecule has 4 aliphatic heterocycles. The lowest BCUT2D eigenvalue weighted by molar-refractivity contribution is 0.590. The Morgan fingerprint density at radius 2 is 0.805 bits per heavy atom. The Kier molecular flexibility index (Phi) is 11.4. The van der Waals surface area contributed by atoms with Crippen LogP contribution in [-0.2, 0) is 21.7 Å². The van der Waals surface area contributed by atoms with Crippen LogP contribution in [0.25, 0.3) is 22.1 Å². The summed E-state index contributed by atoms with van der Waals surface area (Å²) in [7, 11) is 0. The van der Waals surface area contributed by atoms with Crippen molar-refractivity contribution in [1.29, 1.82) is 0 Å². The largest absolute Gasteiger partial charge is 0.468 e. The number of rotatable bonds is 5. The van der Waals surface area contributed by atoms with E-state index in [0.717, 1.165) is 62.1 Å². The van der Waals surface area contributed by atoms with E-state index >= 15 is 0 Å². The Labute approximate surface area is 515 Å². The van der Waals surface area contributed by atoms with Crippen LogP contribution >= 0.6 is 0 Å². The highest BCUT2D eigenvalue weighted by atomic mass is 16.3. The summed E-state index contributed by atoms with van der Waals surface area (Å²) in [5, 5.41) is 1.10. The fourth-order valence-corrected chi connectivity index (χ4v) is 15.4. The van der Waals surface area contributed by atoms with E-state index in [0.29, 0.717) is 5.92 Å². The zero-order valence-electron chi connectivity index (χ0n) is 52.6. The van der Waals surface area contributed by atoms with Gasteiger partial charge in [0.15, 0.2) is 0 Å². The van der Waals surface area contributed by atoms with Crippen LogP contribution in [0.2, 0.25) is 0 Å². The first-order valence-corrected chi connectivity index (χ1v) is 31.5. The molecule has 11 aromatic rings. The molecular formula is C80H74B2N4O. The molecule has 0 saturated heterocycles. The molecule has 7 heteroatoms. The quantitative estimate of drug-likeness (QED) is 0.160. The van der Waals surface area contributed by atoms with Gasteiger partial charge >= 0.3 is 0 Å². The molecule has 0 fully saturated rings. The molecule has 0 saturated carbocycles. The SMILES string of the molecule is CC(C)c1ccc(N2c3cc4c(cc3B3c5cc6c(cc5N(c5ccc(C(C)(C)C)cc5)c5cccc2c53)N(c2ccc(C(C)(C)C)cc2)c2cccc3c2B6c2oc5ccccc5c2N3c2ccc(C(C)(C)C)cc2)C(C)(C)c2ccccc2-4)cc1. The summed E-state index contributed by atoms with van der Waals surface area (Å²) in [6.45, 7) is 29.8. The van der Waals surface area contributed by atoms with Gasteiger partial charge in [0.2, 0.25) is 0 Å². The lowest BCUT2D eigenvalue weighted by Crippen LogP contribution is -2.65. The van der Waals surface area contributed by atoms with Crippen molar-refractivity contribution >= 4 is 126 Å². The lowest BCUT2D eigenvalue weighted by atomic mass is 9.31. The van der Waals surface area contributed by atoms with Crippen molar-refractivity contribution in [1.82, 2.24) is 0 Å². The molecule has 0 radical (unpaired) electrons. The first kappa shape index (κ1) is 53.5. The second-order valence-corrected chi connectivity index (χ2v) is 29.2. The third-order valence-electron chi connectivity index (χ3n) is 20.1. The number of benzene rings is 10. The van der Waals surface area contributed by atoms with Gasteiger partial charge < -0.3 is 24.0 Å². The molecule has 426 valence electrons. The van der Waals surface area contributed by atoms with Crippen molar-refractivity contribution in [3.8, 4) is 11.1 Å². The van der Waals surface area contributed by atoms with Gasteiger partial charge in [-0.1, -0.05) is 199 Å². The maximum atomic E-state index is 7.50. The summed E-state index contributed by atoms with van der Waals surface area (Å²) in [6.07, 6.45) is 0. The molecule has 0 amide bonds. The van der Waals surface area contributed by atoms with Gasteiger partial charge in [-0.25, -0.2) is 0 Å². The number of hydrogen-bond acceptors (Lipinski definition) is 5. The smallest absolute Gasteiger partial charge is 0.297 e. The predicted molar refractivity (Wildman–Crippen MR) is 372 cm³/mol. The van der Waals surface area contributed by atoms with Crippen LogP contribution in [-0.4, -0.2) is 13.4 Å². The zero-order valence-corrected chi connectivity index (χ0v) is 52.6. The minimum absolute atomic E-state index is 0.00100. The maximum absolute atomic E-state index is 7.50. The van der Waals surface area contributed by atoms with Gasteiger partial charge in [-0.15, -0.1) is 0 Å². The van der Waals surface area contributed by atoms with Crippen LogP contribution < -0.4 is 52.6 Å². The molecule has 1 aliphatic carbocycles. The van der Waals surface area contributed by atoms with E-state index in [1.54, 1.807) is 0 Å². The van der Waals surface area contributed by atoms with Gasteiger partial charge in [-0.2, -0.15) is 0 Å². The zero-order chi connectivity index (χ0) is 60.0. The van der Waals surface area contributed by atoms with E-state index in [1.807, 2.05) is 0 Å². The third-order valence-corrected chi connectivity index (χ3v) is 20.1. The molecule has 0 atom stereocenters. The normalized spacial score (nSPS) is 15.0. The molecule has 0 bridgehead atoms. The number of para-hydroxylation sites is 1. The van der Waals surface area contributed by atoms with Gasteiger partial charge in [0.25, 0.3) is 13.4 Å². The minimum atomic E-state index is -0.252. The second kappa shape index (κ2) is 18.5. The highest BCUT2D eigenvalue weighted by Gasteiger charge is 2.51. The van der Waals surface area contributed by atoms with Crippen molar-refractivity contribution in [3.63, 3.8) is 0 Å². The molecule has 1 aromatic heterocycles. The first-order chi connectivity index (χ1) is 41.6. The predicted octanol–water partition coefficient (Wildman–Crippen LogP) is 17.9. The fourth-order valence-electron chi connectivity index (χ4n) is 15.4. The van der Waals surface area contributed by atoms with Crippen molar-refractivity contribution in [3.05, 3.63) is 240 Å². The fraction of sp³-hybridized carbons (Fsp3) is 0.225. The average Bonchev–Trinajstić information content (AvgIpc) is 1.63. The number of nitrogens with zero attached hydrogens (tertiary/aromatic N) is 4. The van der Waals surface area contributed by atoms with E-state index < -0.39 is 0 Å². The Morgan fingerprint density at radius 3 is 1.32 bits per heavy atom. The lowest BCUT2D eigenvalue weighted by Gasteiger charge is -2.46. The average molecular weight is 1130 g/mol. The minimum Gasteiger partial charge on any atom is -0.468 e. The Morgan fingerprint density at radius 1 is 0.379 bits per heavy atom. The second-order valence-electron chi connectivity index (χ2n) is 29.2. The van der Waals surface area contributed by atoms with Crippen LogP contribution in [0.3, 0.4) is 0 Å². The van der Waals surface area contributed by atoms with Crippen LogP contribution in [0.1, 0.15) is 129 Å². The van der Waals surface area contributed by atoms with E-state index in [-0.39, 0.29) is 35.1 Å². The number of hydrogen-bond donors (Lipinski definition) is 0. The Balaban J connectivity index is 1.02. The maximum Gasteiger partial charge on any atom is 0.297 e. The highest BCUT2D eigenvalue weighted by Crippen LogP contribution is 2.54. The van der Waals surface area contributed by atoms with E-state index in [4.69, 9.17) is 4.42 Å². The van der Waals surface area contributed by atoms with Gasteiger partial charge in [0, 0.05) is 73.4 Å². The molecule has 5 heterocycles. The number of anilines is 12. The third kappa shape index (κ3) is 7.86. The van der Waals surface area contributed by atoms with Crippen LogP contribution in [0.5, 0.6) is 0 Å². The van der Waals surface area contributed by atoms with E-state index in [1.165, 1.54) is 94.6 Å². The van der Waals surface area contributed by atoms with Crippen molar-refractivity contribution in [2.24, 2.45) is 0 Å². The summed E-state index contributed by atoms with van der Waals surface area (Å²) < 4.78 is 7.50. The monoisotopic (exact) mass is 1130 g/mol. The summed E-state index contributed by atoms with van der Waals surface area (Å²) in [5.41, 5.74) is 32.4. The van der Waals surface area contributed by atoms with Gasteiger partial charge in [-0.05, 0) is 191 Å². The van der Waals surface area contributed by atoms with Crippen molar-refractivity contribution in [2.45, 2.75) is 118 Å². The van der Waals surface area contributed by atoms with Crippen LogP contribution in [0.15, 0.2) is 211 Å². The highest BCUT2D eigenvalue weighted by molar-refractivity contribution is 7.03. The topological polar surface area (TPSA) is 26.1 Å². The summed E-state index contributed by atoms with van der Waals surface area (Å²) in [6, 6.07) is 79.7. The van der Waals surface area contributed by atoms with Gasteiger partial charge in [0.1, 0.15) is 5.58 Å². The standard InChI is InChI=1S/C80H74B2N4O/c1-48(2)49-28-36-53(37-29-49)83-65-23-18-24-66-73(65)81(62-45-61-59(44-69(62)83)57-20-14-16-22-60(57)80(61,12)13)63-46-64-71(47-70(63)84(66)54-38-30-50(31-39-54)77(3,4)5)85(55-40-32-51(33-41-55)78(6,7)8)67-25-19-26-68-74(67)82(64)76-75(58-21-15-17-27-72(58)87-76)86(68)56-42-34-52(35-43-56)79(9,10)11/h14-48H,1-13H3. The van der Waals surface area contributed by atoms with Crippen molar-refractivity contribution in [2.75, 3.05) is 19.6 Å². The van der Waals surface area contributed by atoms with Crippen molar-refractivity contribution < 1.29 is 4.42 Å². The molecule has 16 rings (SSSR count). The summed E-state index contributed by atoms with van der Waals surface area (Å²) in [4.78, 5) is 10.3. The van der Waals surface area contributed by atoms with Gasteiger partial charge in [-0.3, -0.25) is 0 Å². The van der Waals surface area contributed by atoms with E-state index in [9.17, 15) is 0 Å². The molecule has 0 N–H and O–H groups in total. The summed E-state index contributed by atoms with van der Waals surface area (Å²) >= 11 is 0. The first-order valence-electron chi connectivity index (χ1n) is 31.5. The molecule has 10 aromatic carbocycles. The van der Waals surface area contributed by atoms with Crippen LogP contribution in [0.4, 0.5) is 68.2 Å². The van der Waals surface area contributed by atoms with E-state index in [2.05, 4.69) is 316 Å². The molecule has 5 aliphatic rings. The van der Waals surface area contributed by atoms with Gasteiger partial charge in [0.05, 0.1) is 11.3 Å². The molecule has 0 spiro atoms. The summed E-state index contributed by atoms with van der Waals surface area (Å²) in [5.74, 6) is 0.411. The number of furan rings is 1. The Hall–Kier alpha value is -8.93.